The van der Waals surface area contributed by atoms with Crippen molar-refractivity contribution in [1.29, 1.82) is 0 Å². The summed E-state index contributed by atoms with van der Waals surface area (Å²) in [5.41, 5.74) is -2.95. The van der Waals surface area contributed by atoms with Crippen LogP contribution in [0.25, 0.3) is 11.1 Å². The molecule has 0 bridgehead atoms. The van der Waals surface area contributed by atoms with Crippen LogP contribution in [-0.2, 0) is 4.74 Å². The van der Waals surface area contributed by atoms with E-state index in [-0.39, 0.29) is 41.0 Å². The van der Waals surface area contributed by atoms with Gasteiger partial charge in [-0.15, -0.1) is 0 Å². The summed E-state index contributed by atoms with van der Waals surface area (Å²) in [6.07, 6.45) is 0.322. The van der Waals surface area contributed by atoms with Crippen molar-refractivity contribution in [3.8, 4) is 11.1 Å². The Kier molecular flexibility index (Phi) is 9.44. The van der Waals surface area contributed by atoms with E-state index < -0.39 is 46.2 Å². The minimum Gasteiger partial charge on any atom is -0.374 e. The Morgan fingerprint density at radius 1 is 1.07 bits per heavy atom. The number of hydrogen-bond donors (Lipinski definition) is 2. The van der Waals surface area contributed by atoms with Crippen LogP contribution in [0, 0.1) is 17.6 Å². The minimum absolute atomic E-state index is 0.00385. The molecule has 0 saturated carbocycles. The lowest BCUT2D eigenvalue weighted by Crippen LogP contribution is -2.55. The van der Waals surface area contributed by atoms with Gasteiger partial charge >= 0.3 is 0 Å². The summed E-state index contributed by atoms with van der Waals surface area (Å²) in [6.45, 7) is 10.4. The number of carbonyl (C=O) groups excluding carboxylic acids is 1. The van der Waals surface area contributed by atoms with Gasteiger partial charge in [0, 0.05) is 80.1 Å². The lowest BCUT2D eigenvalue weighted by Gasteiger charge is -2.44. The van der Waals surface area contributed by atoms with Crippen molar-refractivity contribution >= 4 is 23.2 Å². The predicted octanol–water partition coefficient (Wildman–Crippen LogP) is 4.69. The number of hydrogen-bond acceptors (Lipinski definition) is 8. The number of likely N-dealkylation sites (N-methyl/N-ethyl adjacent to an activating group) is 1. The maximum Gasteiger partial charge on any atom is 0.264 e. The number of H-pyrrole nitrogens is 1. The van der Waals surface area contributed by atoms with Crippen LogP contribution in [0.5, 0.6) is 0 Å². The Labute approximate surface area is 258 Å². The second-order valence-corrected chi connectivity index (χ2v) is 12.0. The third-order valence-electron chi connectivity index (χ3n) is 8.62. The fraction of sp³-hybridized carbons (Fsp3) is 0.484. The van der Waals surface area contributed by atoms with Gasteiger partial charge in [0.25, 0.3) is 12.3 Å². The Bertz CT molecular complexity index is 1590. The quantitative estimate of drug-likeness (QED) is 0.362. The molecular weight excluding hydrogens is 594 g/mol. The molecule has 2 aromatic heterocycles. The SMILES string of the molecule is CC(C)[C@@H]1CN(c2ncc(-c3c(F)cc(N4CC(C)N(C)[C@@H](C)C4)c(NC(=O)c4c[nH]c(=O)cc4C(F)F)c3F)cn2)CCO1. The normalized spacial score (nSPS) is 21.1. The number of nitrogens with zero attached hydrogens (tertiary/aromatic N) is 5. The van der Waals surface area contributed by atoms with Crippen molar-refractivity contribution in [2.24, 2.45) is 5.92 Å². The largest absolute Gasteiger partial charge is 0.374 e. The molecule has 45 heavy (non-hydrogen) atoms. The summed E-state index contributed by atoms with van der Waals surface area (Å²) in [6, 6.07) is 1.75. The molecule has 5 rings (SSSR count). The third kappa shape index (κ3) is 6.66. The molecule has 0 spiro atoms. The summed E-state index contributed by atoms with van der Waals surface area (Å²) < 4.78 is 65.7. The van der Waals surface area contributed by atoms with E-state index in [1.165, 1.54) is 12.4 Å². The average Bonchev–Trinajstić information content (AvgIpc) is 3.01. The average molecular weight is 632 g/mol. The standard InChI is InChI=1S/C31H37F4N7O3/c1-16(2)24-15-41(6-7-45-24)31-37-10-19(11-38-31)26-22(32)9-23(42-13-17(3)40(5)18(4)14-42)28(27(26)33)39-30(44)21-12-36-25(43)8-20(21)29(34)35/h8-12,16-18,24,29H,6-7,13-15H2,1-5H3,(H,36,43)(H,39,44)/t17-,18?,24-/m0/s1. The van der Waals surface area contributed by atoms with Gasteiger partial charge in [0.1, 0.15) is 11.5 Å². The van der Waals surface area contributed by atoms with Crippen molar-refractivity contribution in [1.82, 2.24) is 19.9 Å². The monoisotopic (exact) mass is 631 g/mol. The summed E-state index contributed by atoms with van der Waals surface area (Å²) in [5.74, 6) is -2.44. The highest BCUT2D eigenvalue weighted by Gasteiger charge is 2.32. The molecule has 1 aromatic carbocycles. The van der Waals surface area contributed by atoms with E-state index in [0.29, 0.717) is 44.8 Å². The second-order valence-electron chi connectivity index (χ2n) is 12.0. The maximum atomic E-state index is 16.5. The van der Waals surface area contributed by atoms with E-state index in [9.17, 15) is 18.4 Å². The van der Waals surface area contributed by atoms with Crippen LogP contribution >= 0.6 is 0 Å². The van der Waals surface area contributed by atoms with Crippen molar-refractivity contribution in [2.75, 3.05) is 55.0 Å². The number of piperazine rings is 1. The number of ether oxygens (including phenoxy) is 1. The highest BCUT2D eigenvalue weighted by molar-refractivity contribution is 6.07. The summed E-state index contributed by atoms with van der Waals surface area (Å²) in [7, 11) is 1.95. The molecule has 4 heterocycles. The number of alkyl halides is 2. The van der Waals surface area contributed by atoms with E-state index in [4.69, 9.17) is 4.74 Å². The molecule has 242 valence electrons. The number of anilines is 3. The van der Waals surface area contributed by atoms with Gasteiger partial charge in [0.2, 0.25) is 11.5 Å². The molecule has 2 fully saturated rings. The maximum absolute atomic E-state index is 16.5. The number of benzene rings is 1. The van der Waals surface area contributed by atoms with Crippen molar-refractivity contribution in [3.05, 3.63) is 63.8 Å². The molecule has 1 unspecified atom stereocenters. The molecule has 2 aliphatic rings. The van der Waals surface area contributed by atoms with E-state index in [1.54, 1.807) is 4.90 Å². The Hall–Kier alpha value is -4.04. The number of halogens is 4. The van der Waals surface area contributed by atoms with Crippen LogP contribution in [0.2, 0.25) is 0 Å². The van der Waals surface area contributed by atoms with Crippen LogP contribution in [0.1, 0.15) is 50.0 Å². The number of aromatic amines is 1. The molecule has 1 amide bonds. The third-order valence-corrected chi connectivity index (χ3v) is 8.62. The van der Waals surface area contributed by atoms with E-state index in [2.05, 4.69) is 39.0 Å². The summed E-state index contributed by atoms with van der Waals surface area (Å²) >= 11 is 0. The number of aromatic nitrogens is 3. The highest BCUT2D eigenvalue weighted by atomic mass is 19.3. The van der Waals surface area contributed by atoms with Crippen molar-refractivity contribution in [2.45, 2.75) is 52.3 Å². The first kappa shape index (κ1) is 32.4. The van der Waals surface area contributed by atoms with Gasteiger partial charge in [-0.1, -0.05) is 13.8 Å². The van der Waals surface area contributed by atoms with Crippen LogP contribution in [0.15, 0.2) is 35.5 Å². The Morgan fingerprint density at radius 3 is 2.36 bits per heavy atom. The van der Waals surface area contributed by atoms with E-state index in [1.807, 2.05) is 25.8 Å². The van der Waals surface area contributed by atoms with Crippen LogP contribution in [-0.4, -0.2) is 83.8 Å². The van der Waals surface area contributed by atoms with Gasteiger partial charge in [0.15, 0.2) is 5.82 Å². The number of rotatable bonds is 7. The van der Waals surface area contributed by atoms with Crippen LogP contribution in [0.3, 0.4) is 0 Å². The number of amides is 1. The lowest BCUT2D eigenvalue weighted by molar-refractivity contribution is 0.0109. The molecule has 3 aromatic rings. The fourth-order valence-electron chi connectivity index (χ4n) is 5.76. The van der Waals surface area contributed by atoms with Gasteiger partial charge in [0.05, 0.1) is 29.5 Å². The molecule has 0 aliphatic carbocycles. The first-order valence-electron chi connectivity index (χ1n) is 14.9. The number of nitrogens with one attached hydrogen (secondary N) is 2. The number of pyridine rings is 1. The predicted molar refractivity (Wildman–Crippen MR) is 163 cm³/mol. The van der Waals surface area contributed by atoms with E-state index in [0.717, 1.165) is 12.3 Å². The molecule has 14 heteroatoms. The van der Waals surface area contributed by atoms with Crippen LogP contribution in [0.4, 0.5) is 34.9 Å². The Balaban J connectivity index is 1.55. The molecule has 2 aliphatic heterocycles. The van der Waals surface area contributed by atoms with Gasteiger partial charge in [-0.25, -0.2) is 27.5 Å². The van der Waals surface area contributed by atoms with Gasteiger partial charge in [-0.2, -0.15) is 0 Å². The summed E-state index contributed by atoms with van der Waals surface area (Å²) in [5, 5.41) is 2.41. The molecule has 2 N–H and O–H groups in total. The zero-order chi connectivity index (χ0) is 32.6. The van der Waals surface area contributed by atoms with Crippen molar-refractivity contribution < 1.29 is 27.1 Å². The van der Waals surface area contributed by atoms with Gasteiger partial charge in [-0.05, 0) is 26.8 Å². The first-order chi connectivity index (χ1) is 21.3. The van der Waals surface area contributed by atoms with Crippen molar-refractivity contribution in [3.63, 3.8) is 0 Å². The first-order valence-corrected chi connectivity index (χ1v) is 14.9. The minimum atomic E-state index is -3.14. The summed E-state index contributed by atoms with van der Waals surface area (Å²) in [4.78, 5) is 41.8. The number of carbonyl (C=O) groups is 1. The molecule has 3 atom stereocenters. The lowest BCUT2D eigenvalue weighted by atomic mass is 10.0. The zero-order valence-corrected chi connectivity index (χ0v) is 25.8. The highest BCUT2D eigenvalue weighted by Crippen LogP contribution is 2.39. The van der Waals surface area contributed by atoms with E-state index >= 15 is 8.78 Å². The van der Waals surface area contributed by atoms with Gasteiger partial charge < -0.3 is 24.8 Å². The Morgan fingerprint density at radius 2 is 1.73 bits per heavy atom. The second kappa shape index (κ2) is 13.1. The number of morpholine rings is 1. The fourth-order valence-corrected chi connectivity index (χ4v) is 5.76. The molecular formula is C31H37F4N7O3. The molecule has 2 saturated heterocycles. The smallest absolute Gasteiger partial charge is 0.264 e. The zero-order valence-electron chi connectivity index (χ0n) is 25.8. The molecule has 0 radical (unpaired) electrons. The van der Waals surface area contributed by atoms with Gasteiger partial charge in [-0.3, -0.25) is 14.5 Å². The molecule has 10 nitrogen and oxygen atoms in total. The van der Waals surface area contributed by atoms with Crippen LogP contribution < -0.4 is 20.7 Å². The topological polar surface area (TPSA) is 107 Å².